The SMILES string of the molecule is CCOC(OCC)c1ccc(C)o1. The lowest BCUT2D eigenvalue weighted by atomic mass is 10.4. The minimum Gasteiger partial charge on any atom is -0.461 e. The number of hydrogen-bond donors (Lipinski definition) is 0. The standard InChI is InChI=1S/C10H16O3/c1-4-11-10(12-5-2)9-7-6-8(3)13-9/h6-7,10H,4-5H2,1-3H3. The third-order valence-corrected chi connectivity index (χ3v) is 1.63. The van der Waals surface area contributed by atoms with E-state index in [1.54, 1.807) is 0 Å². The largest absolute Gasteiger partial charge is 0.461 e. The Labute approximate surface area is 78.6 Å². The Morgan fingerprint density at radius 1 is 1.23 bits per heavy atom. The molecule has 0 fully saturated rings. The molecule has 0 spiro atoms. The Morgan fingerprint density at radius 2 is 1.85 bits per heavy atom. The van der Waals surface area contributed by atoms with E-state index in [4.69, 9.17) is 13.9 Å². The quantitative estimate of drug-likeness (QED) is 0.659. The van der Waals surface area contributed by atoms with Crippen LogP contribution in [0, 0.1) is 6.92 Å². The van der Waals surface area contributed by atoms with Crippen LogP contribution in [0.15, 0.2) is 16.5 Å². The fourth-order valence-electron chi connectivity index (χ4n) is 1.10. The molecule has 0 bridgehead atoms. The van der Waals surface area contributed by atoms with Crippen molar-refractivity contribution in [1.82, 2.24) is 0 Å². The van der Waals surface area contributed by atoms with Gasteiger partial charge in [0.15, 0.2) is 5.76 Å². The van der Waals surface area contributed by atoms with Gasteiger partial charge in [-0.25, -0.2) is 0 Å². The molecule has 3 heteroatoms. The highest BCUT2D eigenvalue weighted by Crippen LogP contribution is 2.20. The Bertz CT molecular complexity index is 236. The van der Waals surface area contributed by atoms with Gasteiger partial charge in [-0.3, -0.25) is 0 Å². The van der Waals surface area contributed by atoms with Gasteiger partial charge in [0.2, 0.25) is 6.29 Å². The van der Waals surface area contributed by atoms with Crippen LogP contribution < -0.4 is 0 Å². The lowest BCUT2D eigenvalue weighted by molar-refractivity contribution is -0.150. The van der Waals surface area contributed by atoms with Crippen molar-refractivity contribution in [3.05, 3.63) is 23.7 Å². The first-order valence-electron chi connectivity index (χ1n) is 4.57. The highest BCUT2D eigenvalue weighted by atomic mass is 16.7. The van der Waals surface area contributed by atoms with Gasteiger partial charge in [0, 0.05) is 13.2 Å². The fourth-order valence-corrected chi connectivity index (χ4v) is 1.10. The molecule has 0 aromatic carbocycles. The Hall–Kier alpha value is -0.800. The van der Waals surface area contributed by atoms with Crippen LogP contribution in [0.3, 0.4) is 0 Å². The summed E-state index contributed by atoms with van der Waals surface area (Å²) in [6, 6.07) is 3.78. The van der Waals surface area contributed by atoms with Crippen molar-refractivity contribution in [2.75, 3.05) is 13.2 Å². The molecule has 1 rings (SSSR count). The summed E-state index contributed by atoms with van der Waals surface area (Å²) >= 11 is 0. The molecule has 0 atom stereocenters. The van der Waals surface area contributed by atoms with Gasteiger partial charge in [0.25, 0.3) is 0 Å². The highest BCUT2D eigenvalue weighted by molar-refractivity contribution is 5.06. The lowest BCUT2D eigenvalue weighted by Gasteiger charge is -2.13. The molecule has 0 aliphatic rings. The van der Waals surface area contributed by atoms with Gasteiger partial charge in [0.05, 0.1) is 0 Å². The topological polar surface area (TPSA) is 31.6 Å². The lowest BCUT2D eigenvalue weighted by Crippen LogP contribution is -2.07. The summed E-state index contributed by atoms with van der Waals surface area (Å²) in [5.74, 6) is 1.61. The van der Waals surface area contributed by atoms with Crippen LogP contribution in [-0.4, -0.2) is 13.2 Å². The van der Waals surface area contributed by atoms with Crippen LogP contribution in [0.1, 0.15) is 31.7 Å². The predicted octanol–water partition coefficient (Wildman–Crippen LogP) is 2.66. The van der Waals surface area contributed by atoms with Crippen molar-refractivity contribution in [2.45, 2.75) is 27.1 Å². The first-order chi connectivity index (χ1) is 6.27. The normalized spacial score (nSPS) is 11.1. The molecule has 0 radical (unpaired) electrons. The number of ether oxygens (including phenoxy) is 2. The summed E-state index contributed by atoms with van der Waals surface area (Å²) < 4.78 is 16.1. The number of rotatable bonds is 5. The van der Waals surface area contributed by atoms with E-state index in [0.717, 1.165) is 11.5 Å². The Kier molecular flexibility index (Phi) is 3.99. The third kappa shape index (κ3) is 2.86. The number of furan rings is 1. The maximum Gasteiger partial charge on any atom is 0.217 e. The average molecular weight is 184 g/mol. The van der Waals surface area contributed by atoms with E-state index >= 15 is 0 Å². The molecule has 3 nitrogen and oxygen atoms in total. The average Bonchev–Trinajstić information content (AvgIpc) is 2.51. The summed E-state index contributed by atoms with van der Waals surface area (Å²) in [5.41, 5.74) is 0. The first-order valence-corrected chi connectivity index (χ1v) is 4.57. The minimum absolute atomic E-state index is 0.358. The minimum atomic E-state index is -0.358. The molecule has 1 aromatic heterocycles. The molecule has 0 aliphatic heterocycles. The summed E-state index contributed by atoms with van der Waals surface area (Å²) in [5, 5.41) is 0. The van der Waals surface area contributed by atoms with Gasteiger partial charge in [-0.05, 0) is 32.9 Å². The van der Waals surface area contributed by atoms with E-state index in [1.807, 2.05) is 32.9 Å². The van der Waals surface area contributed by atoms with Gasteiger partial charge >= 0.3 is 0 Å². The van der Waals surface area contributed by atoms with Crippen molar-refractivity contribution >= 4 is 0 Å². The van der Waals surface area contributed by atoms with Gasteiger partial charge in [0.1, 0.15) is 5.76 Å². The summed E-state index contributed by atoms with van der Waals surface area (Å²) in [6.45, 7) is 7.00. The fraction of sp³-hybridized carbons (Fsp3) is 0.600. The summed E-state index contributed by atoms with van der Waals surface area (Å²) in [7, 11) is 0. The second kappa shape index (κ2) is 5.04. The molecule has 0 saturated carbocycles. The smallest absolute Gasteiger partial charge is 0.217 e. The zero-order valence-electron chi connectivity index (χ0n) is 8.37. The molecule has 13 heavy (non-hydrogen) atoms. The van der Waals surface area contributed by atoms with Gasteiger partial charge in [-0.1, -0.05) is 0 Å². The number of aryl methyl sites for hydroxylation is 1. The van der Waals surface area contributed by atoms with Crippen molar-refractivity contribution < 1.29 is 13.9 Å². The van der Waals surface area contributed by atoms with E-state index in [-0.39, 0.29) is 6.29 Å². The van der Waals surface area contributed by atoms with E-state index in [1.165, 1.54) is 0 Å². The second-order valence-electron chi connectivity index (χ2n) is 2.69. The number of hydrogen-bond acceptors (Lipinski definition) is 3. The van der Waals surface area contributed by atoms with Crippen LogP contribution in [0.5, 0.6) is 0 Å². The van der Waals surface area contributed by atoms with Crippen LogP contribution in [0.4, 0.5) is 0 Å². The molecule has 0 amide bonds. The van der Waals surface area contributed by atoms with Crippen LogP contribution in [0.2, 0.25) is 0 Å². The summed E-state index contributed by atoms with van der Waals surface area (Å²) in [4.78, 5) is 0. The van der Waals surface area contributed by atoms with Crippen LogP contribution in [0.25, 0.3) is 0 Å². The second-order valence-corrected chi connectivity index (χ2v) is 2.69. The van der Waals surface area contributed by atoms with Crippen LogP contribution >= 0.6 is 0 Å². The highest BCUT2D eigenvalue weighted by Gasteiger charge is 2.14. The third-order valence-electron chi connectivity index (χ3n) is 1.63. The maximum absolute atomic E-state index is 5.40. The van der Waals surface area contributed by atoms with Gasteiger partial charge in [-0.15, -0.1) is 0 Å². The zero-order chi connectivity index (χ0) is 9.68. The Morgan fingerprint density at radius 3 is 2.23 bits per heavy atom. The molecule has 0 unspecified atom stereocenters. The van der Waals surface area contributed by atoms with Crippen molar-refractivity contribution in [3.63, 3.8) is 0 Å². The first kappa shape index (κ1) is 10.3. The Balaban J connectivity index is 2.63. The van der Waals surface area contributed by atoms with Crippen LogP contribution in [-0.2, 0) is 9.47 Å². The van der Waals surface area contributed by atoms with E-state index < -0.39 is 0 Å². The monoisotopic (exact) mass is 184 g/mol. The maximum atomic E-state index is 5.40. The predicted molar refractivity (Wildman–Crippen MR) is 49.4 cm³/mol. The molecular weight excluding hydrogens is 168 g/mol. The van der Waals surface area contributed by atoms with Gasteiger partial charge < -0.3 is 13.9 Å². The molecule has 1 heterocycles. The van der Waals surface area contributed by atoms with Crippen molar-refractivity contribution in [3.8, 4) is 0 Å². The van der Waals surface area contributed by atoms with E-state index in [9.17, 15) is 0 Å². The van der Waals surface area contributed by atoms with E-state index in [2.05, 4.69) is 0 Å². The van der Waals surface area contributed by atoms with Crippen molar-refractivity contribution in [2.24, 2.45) is 0 Å². The zero-order valence-corrected chi connectivity index (χ0v) is 8.37. The molecule has 0 saturated heterocycles. The molecular formula is C10H16O3. The molecule has 0 aliphatic carbocycles. The molecule has 0 N–H and O–H groups in total. The molecule has 74 valence electrons. The van der Waals surface area contributed by atoms with Crippen molar-refractivity contribution in [1.29, 1.82) is 0 Å². The van der Waals surface area contributed by atoms with Gasteiger partial charge in [-0.2, -0.15) is 0 Å². The van der Waals surface area contributed by atoms with E-state index in [0.29, 0.717) is 13.2 Å². The molecule has 1 aromatic rings. The summed E-state index contributed by atoms with van der Waals surface area (Å²) in [6.07, 6.45) is -0.358.